The highest BCUT2D eigenvalue weighted by molar-refractivity contribution is 5.71. The van der Waals surface area contributed by atoms with Crippen molar-refractivity contribution in [2.75, 3.05) is 0 Å². The molecule has 1 heterocycles. The predicted octanol–water partition coefficient (Wildman–Crippen LogP) is 4.78. The first kappa shape index (κ1) is 15.3. The minimum Gasteiger partial charge on any atom is -0.458 e. The molecule has 0 amide bonds. The molecule has 1 unspecified atom stereocenters. The van der Waals surface area contributed by atoms with Gasteiger partial charge in [-0.3, -0.25) is 4.79 Å². The second kappa shape index (κ2) is 10.2. The number of allylic oxidation sites excluding steroid dienone is 1. The molecule has 0 aliphatic carbocycles. The van der Waals surface area contributed by atoms with Gasteiger partial charge in [-0.25, -0.2) is 0 Å². The van der Waals surface area contributed by atoms with Crippen molar-refractivity contribution in [3.63, 3.8) is 0 Å². The van der Waals surface area contributed by atoms with Gasteiger partial charge in [0, 0.05) is 6.42 Å². The highest BCUT2D eigenvalue weighted by Gasteiger charge is 2.19. The van der Waals surface area contributed by atoms with E-state index in [2.05, 4.69) is 19.1 Å². The van der Waals surface area contributed by atoms with Crippen molar-refractivity contribution < 1.29 is 9.53 Å². The zero-order valence-corrected chi connectivity index (χ0v) is 11.8. The van der Waals surface area contributed by atoms with Gasteiger partial charge in [-0.1, -0.05) is 57.9 Å². The van der Waals surface area contributed by atoms with E-state index in [-0.39, 0.29) is 12.1 Å². The van der Waals surface area contributed by atoms with Gasteiger partial charge in [-0.2, -0.15) is 0 Å². The third-order valence-electron chi connectivity index (χ3n) is 3.49. The smallest absolute Gasteiger partial charge is 0.306 e. The van der Waals surface area contributed by atoms with Gasteiger partial charge < -0.3 is 4.74 Å². The summed E-state index contributed by atoms with van der Waals surface area (Å²) in [6.45, 7) is 2.26. The van der Waals surface area contributed by atoms with Crippen LogP contribution < -0.4 is 0 Å². The molecular weight excluding hydrogens is 224 g/mol. The van der Waals surface area contributed by atoms with Gasteiger partial charge in [0.15, 0.2) is 0 Å². The average molecular weight is 252 g/mol. The van der Waals surface area contributed by atoms with Crippen LogP contribution in [0.2, 0.25) is 0 Å². The van der Waals surface area contributed by atoms with E-state index in [0.717, 1.165) is 12.8 Å². The summed E-state index contributed by atoms with van der Waals surface area (Å²) < 4.78 is 5.12. The van der Waals surface area contributed by atoms with E-state index < -0.39 is 0 Å². The first-order valence-electron chi connectivity index (χ1n) is 7.69. The summed E-state index contributed by atoms with van der Waals surface area (Å²) in [7, 11) is 0. The van der Waals surface area contributed by atoms with E-state index in [0.29, 0.717) is 6.42 Å². The summed E-state index contributed by atoms with van der Waals surface area (Å²) in [6.07, 6.45) is 17.8. The lowest BCUT2D eigenvalue weighted by Crippen LogP contribution is -2.01. The SMILES string of the molecule is CCCCCCCCCC/C=C\C1CCC(=O)O1. The van der Waals surface area contributed by atoms with E-state index >= 15 is 0 Å². The van der Waals surface area contributed by atoms with Crippen LogP contribution in [-0.4, -0.2) is 12.1 Å². The third kappa shape index (κ3) is 7.52. The maximum Gasteiger partial charge on any atom is 0.306 e. The second-order valence-corrected chi connectivity index (χ2v) is 5.26. The van der Waals surface area contributed by atoms with Crippen molar-refractivity contribution in [2.45, 2.75) is 83.7 Å². The summed E-state index contributed by atoms with van der Waals surface area (Å²) in [5.74, 6) is -0.0447. The van der Waals surface area contributed by atoms with Gasteiger partial charge in [0.2, 0.25) is 0 Å². The molecule has 1 aliphatic rings. The van der Waals surface area contributed by atoms with Crippen molar-refractivity contribution in [1.29, 1.82) is 0 Å². The van der Waals surface area contributed by atoms with E-state index in [4.69, 9.17) is 4.74 Å². The first-order chi connectivity index (χ1) is 8.83. The van der Waals surface area contributed by atoms with Crippen LogP contribution in [0.4, 0.5) is 0 Å². The lowest BCUT2D eigenvalue weighted by atomic mass is 10.1. The fraction of sp³-hybridized carbons (Fsp3) is 0.812. The van der Waals surface area contributed by atoms with Crippen LogP contribution in [0.5, 0.6) is 0 Å². The van der Waals surface area contributed by atoms with Gasteiger partial charge >= 0.3 is 5.97 Å². The Morgan fingerprint density at radius 1 is 1.11 bits per heavy atom. The number of rotatable bonds is 10. The molecule has 1 atom stereocenters. The highest BCUT2D eigenvalue weighted by Crippen LogP contribution is 2.15. The number of hydrogen-bond acceptors (Lipinski definition) is 2. The molecule has 1 fully saturated rings. The molecule has 0 aromatic carbocycles. The van der Waals surface area contributed by atoms with Crippen molar-refractivity contribution in [2.24, 2.45) is 0 Å². The molecule has 0 spiro atoms. The molecular formula is C16H28O2. The molecule has 2 heteroatoms. The molecule has 0 aromatic rings. The fourth-order valence-electron chi connectivity index (χ4n) is 2.33. The number of carbonyl (C=O) groups excluding carboxylic acids is 1. The summed E-state index contributed by atoms with van der Waals surface area (Å²) in [5.41, 5.74) is 0. The normalized spacial score (nSPS) is 19.6. The van der Waals surface area contributed by atoms with Crippen molar-refractivity contribution in [1.82, 2.24) is 0 Å². The minimum absolute atomic E-state index is 0.0447. The zero-order valence-electron chi connectivity index (χ0n) is 11.8. The standard InChI is InChI=1S/C16H28O2/c1-2-3-4-5-6-7-8-9-10-11-12-15-13-14-16(17)18-15/h11-12,15H,2-10,13-14H2,1H3/b12-11-. The van der Waals surface area contributed by atoms with Gasteiger partial charge in [0.05, 0.1) is 0 Å². The Bertz CT molecular complexity index is 245. The van der Waals surface area contributed by atoms with Gasteiger partial charge in [-0.15, -0.1) is 0 Å². The molecule has 2 nitrogen and oxygen atoms in total. The van der Waals surface area contributed by atoms with Crippen LogP contribution in [0.3, 0.4) is 0 Å². The Labute approximate surface area is 112 Å². The molecule has 0 N–H and O–H groups in total. The number of cyclic esters (lactones) is 1. The first-order valence-corrected chi connectivity index (χ1v) is 7.69. The van der Waals surface area contributed by atoms with Crippen LogP contribution in [0, 0.1) is 0 Å². The summed E-state index contributed by atoms with van der Waals surface area (Å²) >= 11 is 0. The van der Waals surface area contributed by atoms with E-state index in [9.17, 15) is 4.79 Å². The lowest BCUT2D eigenvalue weighted by Gasteiger charge is -2.02. The monoisotopic (exact) mass is 252 g/mol. The molecule has 1 rings (SSSR count). The minimum atomic E-state index is -0.0447. The van der Waals surface area contributed by atoms with Gasteiger partial charge in [-0.05, 0) is 25.3 Å². The van der Waals surface area contributed by atoms with Gasteiger partial charge in [0.25, 0.3) is 0 Å². The summed E-state index contributed by atoms with van der Waals surface area (Å²) in [4.78, 5) is 10.9. The third-order valence-corrected chi connectivity index (χ3v) is 3.49. The number of carbonyl (C=O) groups is 1. The van der Waals surface area contributed by atoms with E-state index in [1.807, 2.05) is 0 Å². The van der Waals surface area contributed by atoms with Crippen LogP contribution in [0.25, 0.3) is 0 Å². The molecule has 0 bridgehead atoms. The number of unbranched alkanes of at least 4 members (excludes halogenated alkanes) is 8. The molecule has 104 valence electrons. The predicted molar refractivity (Wildman–Crippen MR) is 75.5 cm³/mol. The number of esters is 1. The number of hydrogen-bond donors (Lipinski definition) is 0. The molecule has 18 heavy (non-hydrogen) atoms. The maximum absolute atomic E-state index is 10.9. The van der Waals surface area contributed by atoms with Crippen LogP contribution in [-0.2, 0) is 9.53 Å². The Morgan fingerprint density at radius 2 is 1.78 bits per heavy atom. The van der Waals surface area contributed by atoms with E-state index in [1.54, 1.807) is 0 Å². The maximum atomic E-state index is 10.9. The van der Waals surface area contributed by atoms with Crippen molar-refractivity contribution in [3.8, 4) is 0 Å². The Hall–Kier alpha value is -0.790. The zero-order chi connectivity index (χ0) is 13.1. The van der Waals surface area contributed by atoms with Crippen LogP contribution >= 0.6 is 0 Å². The lowest BCUT2D eigenvalue weighted by molar-refractivity contribution is -0.139. The Kier molecular flexibility index (Phi) is 8.62. The highest BCUT2D eigenvalue weighted by atomic mass is 16.5. The second-order valence-electron chi connectivity index (χ2n) is 5.26. The molecule has 0 aromatic heterocycles. The summed E-state index contributed by atoms with van der Waals surface area (Å²) in [6, 6.07) is 0. The van der Waals surface area contributed by atoms with Crippen molar-refractivity contribution >= 4 is 5.97 Å². The molecule has 0 saturated carbocycles. The van der Waals surface area contributed by atoms with E-state index in [1.165, 1.54) is 51.4 Å². The van der Waals surface area contributed by atoms with Crippen LogP contribution in [0.1, 0.15) is 77.6 Å². The Balaban J connectivity index is 1.83. The van der Waals surface area contributed by atoms with Crippen molar-refractivity contribution in [3.05, 3.63) is 12.2 Å². The fourth-order valence-corrected chi connectivity index (χ4v) is 2.33. The summed E-state index contributed by atoms with van der Waals surface area (Å²) in [5, 5.41) is 0. The number of ether oxygens (including phenoxy) is 1. The topological polar surface area (TPSA) is 26.3 Å². The van der Waals surface area contributed by atoms with Gasteiger partial charge in [0.1, 0.15) is 6.10 Å². The molecule has 1 saturated heterocycles. The molecule has 0 radical (unpaired) electrons. The Morgan fingerprint density at radius 3 is 2.39 bits per heavy atom. The molecule has 1 aliphatic heterocycles. The van der Waals surface area contributed by atoms with Crippen LogP contribution in [0.15, 0.2) is 12.2 Å². The quantitative estimate of drug-likeness (QED) is 0.318. The largest absolute Gasteiger partial charge is 0.458 e. The average Bonchev–Trinajstić information content (AvgIpc) is 2.77.